The van der Waals surface area contributed by atoms with E-state index in [0.717, 1.165) is 44.7 Å². The summed E-state index contributed by atoms with van der Waals surface area (Å²) in [5, 5.41) is 3.66. The molecule has 0 spiro atoms. The Bertz CT molecular complexity index is 786. The molecule has 1 heterocycles. The molecule has 2 aromatic rings. The monoisotopic (exact) mass is 410 g/mol. The van der Waals surface area contributed by atoms with Gasteiger partial charge in [-0.3, -0.25) is 0 Å². The zero-order valence-electron chi connectivity index (χ0n) is 19.3. The second kappa shape index (κ2) is 10.3. The molecule has 2 aromatic carbocycles. The maximum absolute atomic E-state index is 6.00. The maximum atomic E-state index is 6.00. The van der Waals surface area contributed by atoms with Crippen molar-refractivity contribution in [2.45, 2.75) is 51.2 Å². The molecule has 0 bridgehead atoms. The minimum Gasteiger partial charge on any atom is -0.496 e. The lowest BCUT2D eigenvalue weighted by Crippen LogP contribution is -2.37. The van der Waals surface area contributed by atoms with E-state index in [9.17, 15) is 0 Å². The van der Waals surface area contributed by atoms with Crippen LogP contribution < -0.4 is 15.0 Å². The van der Waals surface area contributed by atoms with Crippen LogP contribution in [0.2, 0.25) is 0 Å². The molecule has 3 rings (SSSR count). The van der Waals surface area contributed by atoms with Crippen molar-refractivity contribution in [2.75, 3.05) is 39.3 Å². The number of methoxy groups -OCH3 is 1. The molecule has 4 nitrogen and oxygen atoms in total. The Labute approximate surface area is 182 Å². The molecule has 0 amide bonds. The average molecular weight is 411 g/mol. The fraction of sp³-hybridized carbons (Fsp3) is 0.538. The van der Waals surface area contributed by atoms with Crippen molar-refractivity contribution in [1.82, 2.24) is 5.32 Å². The zero-order valence-corrected chi connectivity index (χ0v) is 19.3. The van der Waals surface area contributed by atoms with E-state index in [-0.39, 0.29) is 5.60 Å². The first kappa shape index (κ1) is 22.6. The van der Waals surface area contributed by atoms with Gasteiger partial charge in [0.15, 0.2) is 0 Å². The number of hydrogen-bond donors (Lipinski definition) is 1. The van der Waals surface area contributed by atoms with Gasteiger partial charge >= 0.3 is 0 Å². The van der Waals surface area contributed by atoms with Crippen LogP contribution in [0.15, 0.2) is 48.5 Å². The van der Waals surface area contributed by atoms with E-state index >= 15 is 0 Å². The minimum atomic E-state index is -0.0508. The number of anilines is 1. The number of ether oxygens (including phenoxy) is 2. The zero-order chi connectivity index (χ0) is 21.6. The van der Waals surface area contributed by atoms with Crippen LogP contribution >= 0.6 is 0 Å². The second-order valence-electron chi connectivity index (χ2n) is 9.24. The quantitative estimate of drug-likeness (QED) is 0.574. The molecule has 30 heavy (non-hydrogen) atoms. The van der Waals surface area contributed by atoms with E-state index in [1.165, 1.54) is 16.8 Å². The van der Waals surface area contributed by atoms with Crippen LogP contribution in [0, 0.1) is 5.92 Å². The Morgan fingerprint density at radius 2 is 1.87 bits per heavy atom. The largest absolute Gasteiger partial charge is 0.496 e. The third-order valence-electron chi connectivity index (χ3n) is 6.26. The SMILES string of the molecule is COc1ccccc1C(CCNCc1ccc(N(C)C)cc1)C1CCOC(C)(C)C1. The fourth-order valence-electron chi connectivity index (χ4n) is 4.64. The molecule has 1 aliphatic heterocycles. The minimum absolute atomic E-state index is 0.0508. The van der Waals surface area contributed by atoms with Gasteiger partial charge in [0, 0.05) is 32.9 Å². The number of rotatable bonds is 9. The summed E-state index contributed by atoms with van der Waals surface area (Å²) in [5.41, 5.74) is 3.84. The van der Waals surface area contributed by atoms with E-state index in [1.807, 2.05) is 0 Å². The third-order valence-corrected chi connectivity index (χ3v) is 6.26. The predicted octanol–water partition coefficient (Wildman–Crippen LogP) is 5.23. The Kier molecular flexibility index (Phi) is 7.79. The van der Waals surface area contributed by atoms with Gasteiger partial charge in [0.1, 0.15) is 5.75 Å². The molecule has 0 aromatic heterocycles. The van der Waals surface area contributed by atoms with Crippen LogP contribution in [0.25, 0.3) is 0 Å². The number of nitrogens with one attached hydrogen (secondary N) is 1. The van der Waals surface area contributed by atoms with Crippen LogP contribution in [0.4, 0.5) is 5.69 Å². The third kappa shape index (κ3) is 5.99. The van der Waals surface area contributed by atoms with Crippen LogP contribution in [-0.4, -0.2) is 40.0 Å². The fourth-order valence-corrected chi connectivity index (χ4v) is 4.64. The van der Waals surface area contributed by atoms with Gasteiger partial charge in [-0.2, -0.15) is 0 Å². The summed E-state index contributed by atoms with van der Waals surface area (Å²) in [6.45, 7) is 7.15. The molecule has 2 atom stereocenters. The Morgan fingerprint density at radius 1 is 1.13 bits per heavy atom. The summed E-state index contributed by atoms with van der Waals surface area (Å²) in [5.74, 6) is 2.07. The number of benzene rings is 2. The van der Waals surface area contributed by atoms with Crippen molar-refractivity contribution < 1.29 is 9.47 Å². The van der Waals surface area contributed by atoms with Crippen LogP contribution in [-0.2, 0) is 11.3 Å². The molecule has 0 radical (unpaired) electrons. The molecule has 0 aliphatic carbocycles. The lowest BCUT2D eigenvalue weighted by Gasteiger charge is -2.40. The van der Waals surface area contributed by atoms with Crippen molar-refractivity contribution in [3.63, 3.8) is 0 Å². The Morgan fingerprint density at radius 3 is 2.53 bits per heavy atom. The van der Waals surface area contributed by atoms with Gasteiger partial charge in [-0.05, 0) is 80.8 Å². The molecule has 2 unspecified atom stereocenters. The summed E-state index contributed by atoms with van der Waals surface area (Å²) >= 11 is 0. The van der Waals surface area contributed by atoms with E-state index < -0.39 is 0 Å². The highest BCUT2D eigenvalue weighted by molar-refractivity contribution is 5.46. The van der Waals surface area contributed by atoms with Crippen molar-refractivity contribution in [3.8, 4) is 5.75 Å². The standard InChI is InChI=1S/C26H38N2O2/c1-26(2)18-21(15-17-30-26)23(24-8-6-7-9-25(24)29-5)14-16-27-19-20-10-12-22(13-11-20)28(3)4/h6-13,21,23,27H,14-19H2,1-5H3. The normalized spacial score (nSPS) is 19.3. The van der Waals surface area contributed by atoms with Gasteiger partial charge in [0.25, 0.3) is 0 Å². The molecule has 1 N–H and O–H groups in total. The number of nitrogens with zero attached hydrogens (tertiary/aromatic N) is 1. The lowest BCUT2D eigenvalue weighted by molar-refractivity contribution is -0.0772. The average Bonchev–Trinajstić information content (AvgIpc) is 2.73. The molecule has 1 aliphatic rings. The van der Waals surface area contributed by atoms with Crippen molar-refractivity contribution in [3.05, 3.63) is 59.7 Å². The molecule has 1 fully saturated rings. The topological polar surface area (TPSA) is 33.7 Å². The molecule has 164 valence electrons. The summed E-state index contributed by atoms with van der Waals surface area (Å²) < 4.78 is 11.7. The highest BCUT2D eigenvalue weighted by Crippen LogP contribution is 2.42. The van der Waals surface area contributed by atoms with Crippen molar-refractivity contribution in [1.29, 1.82) is 0 Å². The van der Waals surface area contributed by atoms with E-state index in [1.54, 1.807) is 7.11 Å². The van der Waals surface area contributed by atoms with Crippen molar-refractivity contribution in [2.24, 2.45) is 5.92 Å². The first-order valence-electron chi connectivity index (χ1n) is 11.1. The van der Waals surface area contributed by atoms with E-state index in [4.69, 9.17) is 9.47 Å². The van der Waals surface area contributed by atoms with Gasteiger partial charge in [-0.15, -0.1) is 0 Å². The molecule has 1 saturated heterocycles. The van der Waals surface area contributed by atoms with Gasteiger partial charge in [-0.1, -0.05) is 30.3 Å². The molecule has 4 heteroatoms. The Hall–Kier alpha value is -2.04. The summed E-state index contributed by atoms with van der Waals surface area (Å²) in [6, 6.07) is 17.3. The van der Waals surface area contributed by atoms with Crippen molar-refractivity contribution >= 4 is 5.69 Å². The van der Waals surface area contributed by atoms with E-state index in [0.29, 0.717) is 11.8 Å². The number of para-hydroxylation sites is 1. The first-order chi connectivity index (χ1) is 14.4. The molecular weight excluding hydrogens is 372 g/mol. The van der Waals surface area contributed by atoms with Crippen LogP contribution in [0.1, 0.15) is 50.2 Å². The summed E-state index contributed by atoms with van der Waals surface area (Å²) in [4.78, 5) is 2.13. The number of hydrogen-bond acceptors (Lipinski definition) is 4. The van der Waals surface area contributed by atoms with Gasteiger partial charge in [0.2, 0.25) is 0 Å². The van der Waals surface area contributed by atoms with Gasteiger partial charge in [0.05, 0.1) is 12.7 Å². The highest BCUT2D eigenvalue weighted by Gasteiger charge is 2.34. The summed E-state index contributed by atoms with van der Waals surface area (Å²) in [6.07, 6.45) is 3.29. The van der Waals surface area contributed by atoms with Gasteiger partial charge in [-0.25, -0.2) is 0 Å². The summed E-state index contributed by atoms with van der Waals surface area (Å²) in [7, 11) is 5.92. The molecular formula is C26H38N2O2. The van der Waals surface area contributed by atoms with Crippen LogP contribution in [0.5, 0.6) is 5.75 Å². The maximum Gasteiger partial charge on any atom is 0.122 e. The van der Waals surface area contributed by atoms with E-state index in [2.05, 4.69) is 86.7 Å². The predicted molar refractivity (Wildman–Crippen MR) is 126 cm³/mol. The first-order valence-corrected chi connectivity index (χ1v) is 11.1. The molecule has 0 saturated carbocycles. The lowest BCUT2D eigenvalue weighted by atomic mass is 9.75. The smallest absolute Gasteiger partial charge is 0.122 e. The highest BCUT2D eigenvalue weighted by atomic mass is 16.5. The second-order valence-corrected chi connectivity index (χ2v) is 9.24. The Balaban J connectivity index is 1.65. The van der Waals surface area contributed by atoms with Gasteiger partial charge < -0.3 is 19.7 Å². The van der Waals surface area contributed by atoms with Crippen LogP contribution in [0.3, 0.4) is 0 Å².